The molecule has 0 bridgehead atoms. The number of rotatable bonds is 2. The molecule has 0 unspecified atom stereocenters. The lowest BCUT2D eigenvalue weighted by atomic mass is 10.1. The van der Waals surface area contributed by atoms with E-state index in [9.17, 15) is 9.59 Å². The fourth-order valence-electron chi connectivity index (χ4n) is 0.927. The van der Waals surface area contributed by atoms with Crippen LogP contribution in [0, 0.1) is 0 Å². The molecular formula is C11H13BrO3. The monoisotopic (exact) mass is 272 g/mol. The van der Waals surface area contributed by atoms with Crippen molar-refractivity contribution in [2.24, 2.45) is 0 Å². The van der Waals surface area contributed by atoms with Gasteiger partial charge in [0.2, 0.25) is 0 Å². The number of carbonyl (C=O) groups excluding carboxylic acids is 2. The van der Waals surface area contributed by atoms with Crippen LogP contribution >= 0.6 is 15.9 Å². The SMILES string of the molecule is CC.COC(=O)c1ccc(Br)cc1C=O. The van der Waals surface area contributed by atoms with Crippen molar-refractivity contribution in [2.75, 3.05) is 7.11 Å². The molecule has 0 saturated heterocycles. The fourth-order valence-corrected chi connectivity index (χ4v) is 1.31. The second-order valence-corrected chi connectivity index (χ2v) is 3.26. The molecule has 0 fully saturated rings. The summed E-state index contributed by atoms with van der Waals surface area (Å²) < 4.78 is 5.26. The van der Waals surface area contributed by atoms with Crippen molar-refractivity contribution in [1.29, 1.82) is 0 Å². The third kappa shape index (κ3) is 3.83. The largest absolute Gasteiger partial charge is 0.465 e. The highest BCUT2D eigenvalue weighted by Crippen LogP contribution is 2.15. The van der Waals surface area contributed by atoms with Crippen LogP contribution < -0.4 is 0 Å². The van der Waals surface area contributed by atoms with E-state index in [1.165, 1.54) is 7.11 Å². The molecule has 0 spiro atoms. The average Bonchev–Trinajstić information content (AvgIpc) is 2.30. The van der Waals surface area contributed by atoms with Gasteiger partial charge in [-0.1, -0.05) is 29.8 Å². The van der Waals surface area contributed by atoms with Crippen LogP contribution in [0.1, 0.15) is 34.6 Å². The van der Waals surface area contributed by atoms with Gasteiger partial charge in [0.15, 0.2) is 6.29 Å². The van der Waals surface area contributed by atoms with Crippen LogP contribution in [0.25, 0.3) is 0 Å². The minimum atomic E-state index is -0.505. The van der Waals surface area contributed by atoms with Crippen molar-refractivity contribution in [3.05, 3.63) is 33.8 Å². The summed E-state index contributed by atoms with van der Waals surface area (Å²) in [6.45, 7) is 4.00. The Morgan fingerprint density at radius 1 is 1.40 bits per heavy atom. The van der Waals surface area contributed by atoms with Crippen LogP contribution in [0.5, 0.6) is 0 Å². The first-order valence-electron chi connectivity index (χ1n) is 4.52. The van der Waals surface area contributed by atoms with Gasteiger partial charge in [-0.3, -0.25) is 4.79 Å². The Morgan fingerprint density at radius 3 is 2.47 bits per heavy atom. The number of carbonyl (C=O) groups is 2. The predicted molar refractivity (Wildman–Crippen MR) is 62.2 cm³/mol. The second-order valence-electron chi connectivity index (χ2n) is 2.34. The van der Waals surface area contributed by atoms with Crippen LogP contribution in [0.4, 0.5) is 0 Å². The van der Waals surface area contributed by atoms with Gasteiger partial charge in [0.1, 0.15) is 0 Å². The molecule has 0 N–H and O–H groups in total. The fraction of sp³-hybridized carbons (Fsp3) is 0.273. The van der Waals surface area contributed by atoms with E-state index in [4.69, 9.17) is 0 Å². The summed E-state index contributed by atoms with van der Waals surface area (Å²) in [4.78, 5) is 21.7. The zero-order chi connectivity index (χ0) is 11.8. The molecule has 1 aromatic rings. The van der Waals surface area contributed by atoms with Crippen molar-refractivity contribution >= 4 is 28.2 Å². The Hall–Kier alpha value is -1.16. The molecule has 4 heteroatoms. The van der Waals surface area contributed by atoms with E-state index >= 15 is 0 Å². The van der Waals surface area contributed by atoms with Crippen molar-refractivity contribution < 1.29 is 14.3 Å². The van der Waals surface area contributed by atoms with Gasteiger partial charge in [-0.25, -0.2) is 4.79 Å². The van der Waals surface area contributed by atoms with Gasteiger partial charge in [-0.2, -0.15) is 0 Å². The van der Waals surface area contributed by atoms with Crippen LogP contribution in [0.15, 0.2) is 22.7 Å². The number of benzene rings is 1. The van der Waals surface area contributed by atoms with Crippen molar-refractivity contribution in [3.63, 3.8) is 0 Å². The van der Waals surface area contributed by atoms with Crippen LogP contribution in [-0.2, 0) is 4.74 Å². The Labute approximate surface area is 97.6 Å². The van der Waals surface area contributed by atoms with Gasteiger partial charge >= 0.3 is 5.97 Å². The topological polar surface area (TPSA) is 43.4 Å². The predicted octanol–water partition coefficient (Wildman–Crippen LogP) is 3.07. The molecule has 1 rings (SSSR count). The van der Waals surface area contributed by atoms with E-state index in [1.54, 1.807) is 18.2 Å². The van der Waals surface area contributed by atoms with E-state index in [0.29, 0.717) is 11.8 Å². The highest BCUT2D eigenvalue weighted by Gasteiger charge is 2.10. The summed E-state index contributed by atoms with van der Waals surface area (Å²) in [5, 5.41) is 0. The minimum absolute atomic E-state index is 0.278. The lowest BCUT2D eigenvalue weighted by Crippen LogP contribution is -2.04. The summed E-state index contributed by atoms with van der Waals surface area (Å²) >= 11 is 3.20. The zero-order valence-electron chi connectivity index (χ0n) is 8.91. The Bertz CT molecular complexity index is 348. The average molecular weight is 273 g/mol. The summed E-state index contributed by atoms with van der Waals surface area (Å²) in [6.07, 6.45) is 0.622. The van der Waals surface area contributed by atoms with Crippen molar-refractivity contribution in [2.45, 2.75) is 13.8 Å². The van der Waals surface area contributed by atoms with Gasteiger partial charge in [-0.05, 0) is 18.2 Å². The first kappa shape index (κ1) is 13.8. The molecule has 0 aromatic heterocycles. The van der Waals surface area contributed by atoms with Gasteiger partial charge in [0.25, 0.3) is 0 Å². The number of hydrogen-bond acceptors (Lipinski definition) is 3. The lowest BCUT2D eigenvalue weighted by molar-refractivity contribution is 0.0598. The van der Waals surface area contributed by atoms with Gasteiger partial charge in [0.05, 0.1) is 12.7 Å². The molecule has 0 aliphatic heterocycles. The number of halogens is 1. The molecule has 0 saturated carbocycles. The lowest BCUT2D eigenvalue weighted by Gasteiger charge is -2.02. The smallest absolute Gasteiger partial charge is 0.338 e. The maximum absolute atomic E-state index is 11.1. The van der Waals surface area contributed by atoms with E-state index < -0.39 is 5.97 Å². The highest BCUT2D eigenvalue weighted by molar-refractivity contribution is 9.10. The molecule has 1 aromatic carbocycles. The zero-order valence-corrected chi connectivity index (χ0v) is 10.5. The van der Waals surface area contributed by atoms with Gasteiger partial charge < -0.3 is 4.74 Å². The molecule has 0 aliphatic rings. The van der Waals surface area contributed by atoms with Crippen LogP contribution in [-0.4, -0.2) is 19.4 Å². The molecule has 0 heterocycles. The molecule has 0 aliphatic carbocycles. The maximum atomic E-state index is 11.1. The third-order valence-corrected chi connectivity index (χ3v) is 2.04. The number of esters is 1. The maximum Gasteiger partial charge on any atom is 0.338 e. The molecule has 0 amide bonds. The Morgan fingerprint density at radius 2 is 2.00 bits per heavy atom. The Kier molecular flexibility index (Phi) is 6.62. The first-order chi connectivity index (χ1) is 7.19. The summed E-state index contributed by atoms with van der Waals surface area (Å²) in [5.74, 6) is -0.505. The van der Waals surface area contributed by atoms with Crippen LogP contribution in [0.2, 0.25) is 0 Å². The van der Waals surface area contributed by atoms with E-state index in [0.717, 1.165) is 4.47 Å². The van der Waals surface area contributed by atoms with Crippen LogP contribution in [0.3, 0.4) is 0 Å². The summed E-state index contributed by atoms with van der Waals surface area (Å²) in [7, 11) is 1.28. The standard InChI is InChI=1S/C9H7BrO3.C2H6/c1-13-9(12)8-3-2-7(10)4-6(8)5-11;1-2/h2-5H,1H3;1-2H3. The van der Waals surface area contributed by atoms with E-state index in [2.05, 4.69) is 20.7 Å². The molecular weight excluding hydrogens is 260 g/mol. The van der Waals surface area contributed by atoms with E-state index in [1.807, 2.05) is 13.8 Å². The Balaban J connectivity index is 0.000000921. The number of methoxy groups -OCH3 is 1. The van der Waals surface area contributed by atoms with E-state index in [-0.39, 0.29) is 5.56 Å². The molecule has 15 heavy (non-hydrogen) atoms. The third-order valence-electron chi connectivity index (χ3n) is 1.55. The molecule has 0 radical (unpaired) electrons. The molecule has 0 atom stereocenters. The van der Waals surface area contributed by atoms with Crippen molar-refractivity contribution in [1.82, 2.24) is 0 Å². The molecule has 3 nitrogen and oxygen atoms in total. The normalized spacial score (nSPS) is 8.53. The molecule has 82 valence electrons. The van der Waals surface area contributed by atoms with Gasteiger partial charge in [0, 0.05) is 10.0 Å². The second kappa shape index (κ2) is 7.17. The number of ether oxygens (including phenoxy) is 1. The number of aldehydes is 1. The minimum Gasteiger partial charge on any atom is -0.465 e. The highest BCUT2D eigenvalue weighted by atomic mass is 79.9. The summed E-state index contributed by atoms with van der Waals surface area (Å²) in [6, 6.07) is 4.79. The van der Waals surface area contributed by atoms with Gasteiger partial charge in [-0.15, -0.1) is 0 Å². The quantitative estimate of drug-likeness (QED) is 0.614. The first-order valence-corrected chi connectivity index (χ1v) is 5.31. The van der Waals surface area contributed by atoms with Crippen molar-refractivity contribution in [3.8, 4) is 0 Å². The summed E-state index contributed by atoms with van der Waals surface area (Å²) in [5.41, 5.74) is 0.599. The number of hydrogen-bond donors (Lipinski definition) is 0.